The van der Waals surface area contributed by atoms with Crippen LogP contribution in [0, 0.1) is 20.8 Å². The number of aryl methyl sites for hydroxylation is 3. The third-order valence-electron chi connectivity index (χ3n) is 5.99. The monoisotopic (exact) mass is 541 g/mol. The fourth-order valence-corrected chi connectivity index (χ4v) is 5.19. The number of benzene rings is 4. The number of amides is 1. The summed E-state index contributed by atoms with van der Waals surface area (Å²) < 4.78 is 33.9. The molecule has 0 radical (unpaired) electrons. The van der Waals surface area contributed by atoms with Crippen LogP contribution in [-0.2, 0) is 21.4 Å². The van der Waals surface area contributed by atoms with Crippen LogP contribution < -0.4 is 14.5 Å². The Bertz CT molecular complexity index is 1550. The minimum absolute atomic E-state index is 0.107. The van der Waals surface area contributed by atoms with Crippen LogP contribution in [0.15, 0.2) is 107 Å². The molecule has 4 rings (SSSR count). The van der Waals surface area contributed by atoms with Crippen molar-refractivity contribution in [2.45, 2.75) is 32.3 Å². The first-order valence-electron chi connectivity index (χ1n) is 12.5. The molecule has 0 heterocycles. The maximum absolute atomic E-state index is 13.5. The molecule has 4 aromatic carbocycles. The first-order chi connectivity index (χ1) is 18.7. The SMILES string of the molecule is Cc1ccc(COc2ccc(/C=N\NC(=O)CN(c3cccc(C)c3)S(=O)(=O)c3ccc(C)cc3)cc2)cc1. The highest BCUT2D eigenvalue weighted by molar-refractivity contribution is 7.92. The summed E-state index contributed by atoms with van der Waals surface area (Å²) >= 11 is 0. The molecule has 0 saturated heterocycles. The molecule has 0 atom stereocenters. The van der Waals surface area contributed by atoms with Crippen LogP contribution in [0.3, 0.4) is 0 Å². The lowest BCUT2D eigenvalue weighted by atomic mass is 10.2. The van der Waals surface area contributed by atoms with Gasteiger partial charge in [-0.05, 0) is 86.0 Å². The quantitative estimate of drug-likeness (QED) is 0.211. The Balaban J connectivity index is 1.40. The van der Waals surface area contributed by atoms with E-state index in [1.807, 2.05) is 75.4 Å². The van der Waals surface area contributed by atoms with E-state index >= 15 is 0 Å². The minimum atomic E-state index is -3.99. The van der Waals surface area contributed by atoms with Crippen molar-refractivity contribution < 1.29 is 17.9 Å². The summed E-state index contributed by atoms with van der Waals surface area (Å²) in [5.41, 5.74) is 7.68. The third-order valence-corrected chi connectivity index (χ3v) is 7.78. The van der Waals surface area contributed by atoms with E-state index in [0.717, 1.165) is 26.6 Å². The molecule has 0 aliphatic heterocycles. The van der Waals surface area contributed by atoms with Gasteiger partial charge >= 0.3 is 0 Å². The third kappa shape index (κ3) is 7.55. The molecule has 0 fully saturated rings. The van der Waals surface area contributed by atoms with Crippen molar-refractivity contribution in [1.82, 2.24) is 5.43 Å². The van der Waals surface area contributed by atoms with Crippen LogP contribution in [0.4, 0.5) is 5.69 Å². The van der Waals surface area contributed by atoms with E-state index < -0.39 is 22.5 Å². The number of anilines is 1. The second-order valence-electron chi connectivity index (χ2n) is 9.30. The van der Waals surface area contributed by atoms with Crippen LogP contribution >= 0.6 is 0 Å². The highest BCUT2D eigenvalue weighted by Crippen LogP contribution is 2.24. The molecule has 0 unspecified atom stereocenters. The van der Waals surface area contributed by atoms with Gasteiger partial charge in [-0.3, -0.25) is 9.10 Å². The molecule has 0 saturated carbocycles. The molecule has 0 aromatic heterocycles. The average molecular weight is 542 g/mol. The molecule has 8 heteroatoms. The predicted molar refractivity (Wildman–Crippen MR) is 155 cm³/mol. The Morgan fingerprint density at radius 1 is 0.846 bits per heavy atom. The van der Waals surface area contributed by atoms with E-state index in [1.165, 1.54) is 23.9 Å². The lowest BCUT2D eigenvalue weighted by Gasteiger charge is -2.24. The second-order valence-corrected chi connectivity index (χ2v) is 11.2. The molecular formula is C31H31N3O4S. The summed E-state index contributed by atoms with van der Waals surface area (Å²) in [5.74, 6) is 0.147. The van der Waals surface area contributed by atoms with Crippen molar-refractivity contribution in [3.8, 4) is 5.75 Å². The van der Waals surface area contributed by atoms with Gasteiger partial charge in [0.25, 0.3) is 15.9 Å². The van der Waals surface area contributed by atoms with E-state index in [1.54, 1.807) is 30.3 Å². The van der Waals surface area contributed by atoms with E-state index in [-0.39, 0.29) is 4.90 Å². The first-order valence-corrected chi connectivity index (χ1v) is 13.9. The minimum Gasteiger partial charge on any atom is -0.489 e. The predicted octanol–water partition coefficient (Wildman–Crippen LogP) is 5.54. The van der Waals surface area contributed by atoms with Crippen molar-refractivity contribution in [3.63, 3.8) is 0 Å². The van der Waals surface area contributed by atoms with Gasteiger partial charge in [0.1, 0.15) is 18.9 Å². The number of sulfonamides is 1. The average Bonchev–Trinajstić information content (AvgIpc) is 2.92. The van der Waals surface area contributed by atoms with Gasteiger partial charge in [0.2, 0.25) is 0 Å². The van der Waals surface area contributed by atoms with Gasteiger partial charge in [-0.25, -0.2) is 13.8 Å². The van der Waals surface area contributed by atoms with Gasteiger partial charge in [-0.15, -0.1) is 0 Å². The summed E-state index contributed by atoms with van der Waals surface area (Å²) in [6.07, 6.45) is 1.49. The largest absolute Gasteiger partial charge is 0.489 e. The summed E-state index contributed by atoms with van der Waals surface area (Å²) in [6.45, 7) is 5.83. The molecule has 200 valence electrons. The van der Waals surface area contributed by atoms with Crippen LogP contribution in [0.2, 0.25) is 0 Å². The Morgan fingerprint density at radius 2 is 1.49 bits per heavy atom. The molecule has 1 amide bonds. The lowest BCUT2D eigenvalue weighted by molar-refractivity contribution is -0.119. The molecule has 0 bridgehead atoms. The summed E-state index contributed by atoms with van der Waals surface area (Å²) in [7, 11) is -3.99. The van der Waals surface area contributed by atoms with Crippen molar-refractivity contribution in [2.24, 2.45) is 5.10 Å². The van der Waals surface area contributed by atoms with Gasteiger partial charge in [-0.1, -0.05) is 59.7 Å². The van der Waals surface area contributed by atoms with Gasteiger partial charge in [0.05, 0.1) is 16.8 Å². The normalized spacial score (nSPS) is 11.4. The molecule has 0 aliphatic carbocycles. The fourth-order valence-electron chi connectivity index (χ4n) is 3.78. The lowest BCUT2D eigenvalue weighted by Crippen LogP contribution is -2.39. The number of hydrogen-bond acceptors (Lipinski definition) is 5. The van der Waals surface area contributed by atoms with Crippen molar-refractivity contribution in [3.05, 3.63) is 125 Å². The van der Waals surface area contributed by atoms with Crippen LogP contribution in [-0.4, -0.2) is 27.1 Å². The van der Waals surface area contributed by atoms with E-state index in [0.29, 0.717) is 18.0 Å². The smallest absolute Gasteiger partial charge is 0.264 e. The summed E-state index contributed by atoms with van der Waals surface area (Å²) in [4.78, 5) is 12.9. The zero-order chi connectivity index (χ0) is 27.8. The maximum Gasteiger partial charge on any atom is 0.264 e. The van der Waals surface area contributed by atoms with E-state index in [2.05, 4.69) is 10.5 Å². The molecule has 4 aromatic rings. The van der Waals surface area contributed by atoms with Crippen molar-refractivity contribution in [1.29, 1.82) is 0 Å². The van der Waals surface area contributed by atoms with Gasteiger partial charge in [-0.2, -0.15) is 5.10 Å². The van der Waals surface area contributed by atoms with Crippen LogP contribution in [0.5, 0.6) is 5.75 Å². The molecule has 7 nitrogen and oxygen atoms in total. The number of nitrogens with one attached hydrogen (secondary N) is 1. The molecule has 1 N–H and O–H groups in total. The van der Waals surface area contributed by atoms with Gasteiger partial charge in [0.15, 0.2) is 0 Å². The Hall–Kier alpha value is -4.43. The standard InChI is InChI=1S/C31H31N3O4S/c1-23-7-11-27(12-8-23)22-38-29-15-13-26(14-16-29)20-32-33-31(35)21-34(28-6-4-5-25(3)19-28)39(36,37)30-17-9-24(2)10-18-30/h4-20H,21-22H2,1-3H3,(H,33,35)/b32-20-. The summed E-state index contributed by atoms with van der Waals surface area (Å²) in [6, 6.07) is 29.0. The molecule has 0 aliphatic rings. The van der Waals surface area contributed by atoms with Crippen LogP contribution in [0.1, 0.15) is 27.8 Å². The van der Waals surface area contributed by atoms with Gasteiger partial charge < -0.3 is 4.74 Å². The topological polar surface area (TPSA) is 88.1 Å². The Morgan fingerprint density at radius 3 is 2.13 bits per heavy atom. The highest BCUT2D eigenvalue weighted by atomic mass is 32.2. The van der Waals surface area contributed by atoms with Gasteiger partial charge in [0, 0.05) is 0 Å². The Labute approximate surface area is 229 Å². The zero-order valence-electron chi connectivity index (χ0n) is 22.2. The van der Waals surface area contributed by atoms with Crippen LogP contribution in [0.25, 0.3) is 0 Å². The van der Waals surface area contributed by atoms with Crippen molar-refractivity contribution in [2.75, 3.05) is 10.8 Å². The Kier molecular flexibility index (Phi) is 8.78. The number of carbonyl (C=O) groups excluding carboxylic acids is 1. The molecule has 0 spiro atoms. The first kappa shape index (κ1) is 27.6. The number of hydrazone groups is 1. The van der Waals surface area contributed by atoms with Crippen molar-refractivity contribution >= 4 is 27.8 Å². The number of carbonyl (C=O) groups is 1. The number of ether oxygens (including phenoxy) is 1. The maximum atomic E-state index is 13.5. The second kappa shape index (κ2) is 12.4. The molecular weight excluding hydrogens is 510 g/mol. The van der Waals surface area contributed by atoms with E-state index in [4.69, 9.17) is 4.74 Å². The fraction of sp³-hybridized carbons (Fsp3) is 0.161. The zero-order valence-corrected chi connectivity index (χ0v) is 23.0. The molecule has 39 heavy (non-hydrogen) atoms. The van der Waals surface area contributed by atoms with E-state index in [9.17, 15) is 13.2 Å². The summed E-state index contributed by atoms with van der Waals surface area (Å²) in [5, 5.41) is 4.02. The highest BCUT2D eigenvalue weighted by Gasteiger charge is 2.27. The number of hydrogen-bond donors (Lipinski definition) is 1. The number of rotatable bonds is 10. The number of nitrogens with zero attached hydrogens (tertiary/aromatic N) is 2.